The van der Waals surface area contributed by atoms with Crippen molar-refractivity contribution in [2.45, 2.75) is 27.7 Å². The number of carbonyl (C=O) groups is 6. The zero-order chi connectivity index (χ0) is 29.5. The van der Waals surface area contributed by atoms with E-state index in [2.05, 4.69) is 9.47 Å². The lowest BCUT2D eigenvalue weighted by molar-refractivity contribution is -0.385. The molecule has 0 spiro atoms. The molecule has 1 heterocycles. The van der Waals surface area contributed by atoms with Crippen LogP contribution in [0.5, 0.6) is 0 Å². The number of hydrogen-bond acceptors (Lipinski definition) is 12. The zero-order valence-corrected chi connectivity index (χ0v) is 20.0. The molecule has 0 saturated heterocycles. The Morgan fingerprint density at radius 3 is 1.66 bits per heavy atom. The lowest BCUT2D eigenvalue weighted by atomic mass is 10.0. The quantitative estimate of drug-likeness (QED) is 0.248. The smallest absolute Gasteiger partial charge is 0.353 e. The lowest BCUT2D eigenvalue weighted by Gasteiger charge is -2.04. The number of carbonyl (C=O) groups excluding carboxylic acids is 4. The van der Waals surface area contributed by atoms with Crippen molar-refractivity contribution in [3.8, 4) is 0 Å². The summed E-state index contributed by atoms with van der Waals surface area (Å²) in [7, 11) is 0. The number of benzene rings is 2. The van der Waals surface area contributed by atoms with Gasteiger partial charge in [0.2, 0.25) is 0 Å². The molecule has 0 unspecified atom stereocenters. The number of nitrogens with zero attached hydrogens (tertiary/aromatic N) is 2. The van der Waals surface area contributed by atoms with Crippen LogP contribution < -0.4 is 0 Å². The van der Waals surface area contributed by atoms with Crippen molar-refractivity contribution in [3.05, 3.63) is 77.9 Å². The van der Waals surface area contributed by atoms with Crippen LogP contribution in [0.1, 0.15) is 66.4 Å². The van der Waals surface area contributed by atoms with E-state index in [1.54, 1.807) is 6.92 Å². The summed E-state index contributed by atoms with van der Waals surface area (Å²) in [5.74, 6) is -6.06. The van der Waals surface area contributed by atoms with Gasteiger partial charge in [-0.3, -0.25) is 29.8 Å². The topological polar surface area (TPSA) is 248 Å². The molecule has 2 aromatic carbocycles. The number of aryl methyl sites for hydroxylation is 2. The van der Waals surface area contributed by atoms with Gasteiger partial charge in [0.15, 0.2) is 11.1 Å². The predicted octanol–water partition coefficient (Wildman–Crippen LogP) is 2.61. The fourth-order valence-electron chi connectivity index (χ4n) is 2.98. The van der Waals surface area contributed by atoms with Gasteiger partial charge in [0.25, 0.3) is 11.4 Å². The molecule has 0 saturated carbocycles. The molecule has 16 heteroatoms. The maximum absolute atomic E-state index is 11.2. The Hall–Kier alpha value is -5.54. The molecule has 2 N–H and O–H groups in total. The highest BCUT2D eigenvalue weighted by Crippen LogP contribution is 2.30. The van der Waals surface area contributed by atoms with Crippen molar-refractivity contribution in [1.29, 1.82) is 0 Å². The van der Waals surface area contributed by atoms with Gasteiger partial charge in [-0.25, -0.2) is 19.2 Å². The van der Waals surface area contributed by atoms with E-state index in [0.29, 0.717) is 11.1 Å². The molecule has 0 aromatic heterocycles. The molecule has 38 heavy (non-hydrogen) atoms. The number of ether oxygens (including phenoxy) is 2. The third-order valence-corrected chi connectivity index (χ3v) is 4.26. The van der Waals surface area contributed by atoms with E-state index in [1.165, 1.54) is 32.9 Å². The predicted molar refractivity (Wildman–Crippen MR) is 122 cm³/mol. The summed E-state index contributed by atoms with van der Waals surface area (Å²) in [5.41, 5.74) is -1.93. The van der Waals surface area contributed by atoms with Gasteiger partial charge in [-0.15, -0.1) is 0 Å². The highest BCUT2D eigenvalue weighted by Gasteiger charge is 2.37. The fraction of sp³-hybridized carbons (Fsp3) is 0.182. The Kier molecular flexibility index (Phi) is 9.97. The van der Waals surface area contributed by atoms with Gasteiger partial charge in [0.05, 0.1) is 21.0 Å². The number of nitro groups is 2. The first kappa shape index (κ1) is 30.5. The minimum atomic E-state index is -1.64. The second-order valence-electron chi connectivity index (χ2n) is 7.30. The Morgan fingerprint density at radius 1 is 0.789 bits per heavy atom. The van der Waals surface area contributed by atoms with Gasteiger partial charge in [0, 0.05) is 26.0 Å². The molecule has 200 valence electrons. The van der Waals surface area contributed by atoms with E-state index in [9.17, 15) is 49.0 Å². The summed E-state index contributed by atoms with van der Waals surface area (Å²) in [4.78, 5) is 83.1. The third kappa shape index (κ3) is 7.74. The van der Waals surface area contributed by atoms with Crippen LogP contribution in [0.4, 0.5) is 11.4 Å². The normalized spacial score (nSPS) is 10.9. The fourth-order valence-corrected chi connectivity index (χ4v) is 2.98. The molecular weight excluding hydrogens is 516 g/mol. The van der Waals surface area contributed by atoms with Gasteiger partial charge >= 0.3 is 35.8 Å². The van der Waals surface area contributed by atoms with Crippen LogP contribution in [-0.2, 0) is 19.1 Å². The van der Waals surface area contributed by atoms with Gasteiger partial charge in [0.1, 0.15) is 0 Å². The van der Waals surface area contributed by atoms with Crippen molar-refractivity contribution in [2.75, 3.05) is 0 Å². The Labute approximate surface area is 211 Å². The highest BCUT2D eigenvalue weighted by atomic mass is 16.6. The molecule has 0 aliphatic carbocycles. The number of carboxylic acids is 2. The Balaban J connectivity index is 0.000000307. The van der Waals surface area contributed by atoms with Gasteiger partial charge in [-0.05, 0) is 37.1 Å². The standard InChI is InChI=1S/C9H7NO6.C9H5NO5.C4H6O3/c1-4-2-5(8(11)12)7(9(13)14)6(3-4)10(15)16;1-4-2-5-7(6(3-4)10(13)14)9(12)15-8(5)11;1-3(5)7-4(2)6/h2-3H,1H3,(H,11,12)(H,13,14);2-3H,1H3;1-2H3. The van der Waals surface area contributed by atoms with E-state index in [0.717, 1.165) is 12.1 Å². The maximum Gasteiger partial charge on any atom is 0.353 e. The van der Waals surface area contributed by atoms with Gasteiger partial charge in [-0.2, -0.15) is 0 Å². The average molecular weight is 534 g/mol. The molecule has 0 atom stereocenters. The summed E-state index contributed by atoms with van der Waals surface area (Å²) in [6.45, 7) is 5.41. The largest absolute Gasteiger partial charge is 0.478 e. The molecular formula is C22H18N2O14. The molecule has 16 nitrogen and oxygen atoms in total. The monoisotopic (exact) mass is 534 g/mol. The van der Waals surface area contributed by atoms with E-state index in [4.69, 9.17) is 10.2 Å². The van der Waals surface area contributed by atoms with E-state index in [1.807, 2.05) is 0 Å². The van der Waals surface area contributed by atoms with E-state index < -0.39 is 62.5 Å². The summed E-state index contributed by atoms with van der Waals surface area (Å²) >= 11 is 0. The number of cyclic esters (lactones) is 2. The molecule has 0 amide bonds. The van der Waals surface area contributed by atoms with Crippen molar-refractivity contribution < 1.29 is 58.3 Å². The molecule has 1 aliphatic heterocycles. The van der Waals surface area contributed by atoms with Crippen LogP contribution in [-0.4, -0.2) is 55.9 Å². The molecule has 0 radical (unpaired) electrons. The first-order valence-corrected chi connectivity index (χ1v) is 9.98. The van der Waals surface area contributed by atoms with Crippen LogP contribution in [0.15, 0.2) is 24.3 Å². The number of carboxylic acid groups (broad SMARTS) is 2. The molecule has 3 rings (SSSR count). The van der Waals surface area contributed by atoms with Crippen molar-refractivity contribution in [3.63, 3.8) is 0 Å². The number of hydrogen-bond donors (Lipinski definition) is 2. The molecule has 1 aliphatic rings. The summed E-state index contributed by atoms with van der Waals surface area (Å²) in [6.07, 6.45) is 0. The lowest BCUT2D eigenvalue weighted by Crippen LogP contribution is -2.11. The highest BCUT2D eigenvalue weighted by molar-refractivity contribution is 6.17. The summed E-state index contributed by atoms with van der Waals surface area (Å²) in [5, 5.41) is 38.8. The van der Waals surface area contributed by atoms with Crippen molar-refractivity contribution in [1.82, 2.24) is 0 Å². The van der Waals surface area contributed by atoms with Crippen LogP contribution in [0.25, 0.3) is 0 Å². The number of rotatable bonds is 4. The number of esters is 4. The maximum atomic E-state index is 11.2. The van der Waals surface area contributed by atoms with E-state index in [-0.39, 0.29) is 16.8 Å². The minimum absolute atomic E-state index is 0.0355. The molecule has 0 bridgehead atoms. The average Bonchev–Trinajstić information content (AvgIpc) is 3.05. The SMILES string of the molecule is CC(=O)OC(C)=O.Cc1cc(C(=O)O)c(C(=O)O)c([N+](=O)[O-])c1.Cc1cc2c(c([N+](=O)[O-])c1)C(=O)OC2=O. The van der Waals surface area contributed by atoms with Crippen LogP contribution in [0, 0.1) is 34.1 Å². The first-order valence-electron chi connectivity index (χ1n) is 9.98. The number of fused-ring (bicyclic) bond motifs is 1. The van der Waals surface area contributed by atoms with Crippen LogP contribution in [0.2, 0.25) is 0 Å². The Bertz CT molecular complexity index is 1350. The molecule has 0 fully saturated rings. The van der Waals surface area contributed by atoms with Crippen LogP contribution in [0.3, 0.4) is 0 Å². The number of nitro benzene ring substituents is 2. The van der Waals surface area contributed by atoms with Crippen molar-refractivity contribution in [2.24, 2.45) is 0 Å². The first-order chi connectivity index (χ1) is 17.5. The van der Waals surface area contributed by atoms with Crippen LogP contribution >= 0.6 is 0 Å². The molecule has 2 aromatic rings. The third-order valence-electron chi connectivity index (χ3n) is 4.26. The second kappa shape index (κ2) is 12.4. The minimum Gasteiger partial charge on any atom is -0.478 e. The van der Waals surface area contributed by atoms with Gasteiger partial charge < -0.3 is 19.7 Å². The second-order valence-corrected chi connectivity index (χ2v) is 7.30. The number of aromatic carboxylic acids is 2. The summed E-state index contributed by atoms with van der Waals surface area (Å²) < 4.78 is 8.27. The summed E-state index contributed by atoms with van der Waals surface area (Å²) in [6, 6.07) is 4.74. The van der Waals surface area contributed by atoms with E-state index >= 15 is 0 Å². The van der Waals surface area contributed by atoms with Gasteiger partial charge in [-0.1, -0.05) is 0 Å². The zero-order valence-electron chi connectivity index (χ0n) is 20.0. The Morgan fingerprint density at radius 2 is 1.26 bits per heavy atom. The van der Waals surface area contributed by atoms with Crippen molar-refractivity contribution >= 4 is 47.2 Å².